The number of rotatable bonds is 5. The van der Waals surface area contributed by atoms with Crippen molar-refractivity contribution in [3.8, 4) is 11.5 Å². The van der Waals surface area contributed by atoms with Crippen LogP contribution in [-0.4, -0.2) is 40.2 Å². The Bertz CT molecular complexity index is 662. The van der Waals surface area contributed by atoms with Gasteiger partial charge < -0.3 is 19.9 Å². The number of nitrogens with one attached hydrogen (secondary N) is 1. The van der Waals surface area contributed by atoms with E-state index in [0.717, 1.165) is 23.2 Å². The van der Waals surface area contributed by atoms with Crippen LogP contribution in [0.4, 0.5) is 10.8 Å². The van der Waals surface area contributed by atoms with Gasteiger partial charge in [0, 0.05) is 11.8 Å². The molecule has 1 aliphatic heterocycles. The van der Waals surface area contributed by atoms with Gasteiger partial charge in [-0.2, -0.15) is 0 Å². The van der Waals surface area contributed by atoms with E-state index in [1.165, 1.54) is 11.3 Å². The first-order valence-electron chi connectivity index (χ1n) is 6.05. The monoisotopic (exact) mass is 325 g/mol. The topological polar surface area (TPSA) is 93.6 Å². The zero-order valence-electron chi connectivity index (χ0n) is 10.7. The van der Waals surface area contributed by atoms with Crippen molar-refractivity contribution in [2.45, 2.75) is 4.34 Å². The molecule has 0 amide bonds. The summed E-state index contributed by atoms with van der Waals surface area (Å²) < 4.78 is 11.6. The van der Waals surface area contributed by atoms with Crippen LogP contribution in [-0.2, 0) is 4.79 Å². The number of benzene rings is 1. The maximum atomic E-state index is 10.5. The fraction of sp³-hybridized carbons (Fsp3) is 0.250. The van der Waals surface area contributed by atoms with Crippen molar-refractivity contribution < 1.29 is 19.4 Å². The van der Waals surface area contributed by atoms with Crippen LogP contribution in [0.15, 0.2) is 22.5 Å². The molecule has 0 unspecified atom stereocenters. The molecule has 1 aromatic heterocycles. The number of aromatic nitrogens is 2. The normalized spacial score (nSPS) is 13.0. The lowest BCUT2D eigenvalue weighted by Gasteiger charge is -2.18. The lowest BCUT2D eigenvalue weighted by molar-refractivity contribution is -0.133. The third kappa shape index (κ3) is 3.56. The van der Waals surface area contributed by atoms with Crippen LogP contribution < -0.4 is 14.8 Å². The SMILES string of the molecule is O=C(O)CSc1nnc(Nc2ccc3c(c2)OCCO3)s1. The summed E-state index contributed by atoms with van der Waals surface area (Å²) in [7, 11) is 0. The minimum absolute atomic E-state index is 0.0291. The van der Waals surface area contributed by atoms with Gasteiger partial charge in [-0.1, -0.05) is 23.1 Å². The van der Waals surface area contributed by atoms with Crippen LogP contribution in [0.5, 0.6) is 11.5 Å². The third-order valence-corrected chi connectivity index (χ3v) is 4.48. The number of nitrogens with zero attached hydrogens (tertiary/aromatic N) is 2. The second-order valence-electron chi connectivity index (χ2n) is 4.04. The van der Waals surface area contributed by atoms with Gasteiger partial charge in [-0.3, -0.25) is 4.79 Å². The molecule has 0 atom stereocenters. The molecule has 0 saturated heterocycles. The molecule has 0 fully saturated rings. The van der Waals surface area contributed by atoms with Gasteiger partial charge in [-0.25, -0.2) is 0 Å². The average molecular weight is 325 g/mol. The Morgan fingerprint density at radius 3 is 2.95 bits per heavy atom. The number of ether oxygens (including phenoxy) is 2. The van der Waals surface area contributed by atoms with Crippen molar-refractivity contribution in [2.75, 3.05) is 24.3 Å². The zero-order valence-corrected chi connectivity index (χ0v) is 12.4. The lowest BCUT2D eigenvalue weighted by Crippen LogP contribution is -2.15. The fourth-order valence-electron chi connectivity index (χ4n) is 1.69. The van der Waals surface area contributed by atoms with Gasteiger partial charge in [0.1, 0.15) is 13.2 Å². The molecule has 0 radical (unpaired) electrons. The molecule has 2 heterocycles. The highest BCUT2D eigenvalue weighted by Crippen LogP contribution is 2.34. The molecule has 9 heteroatoms. The standard InChI is InChI=1S/C12H11N3O4S2/c16-10(17)6-20-12-15-14-11(21-12)13-7-1-2-8-9(5-7)19-4-3-18-8/h1-2,5H,3-4,6H2,(H,13,14)(H,16,17). The van der Waals surface area contributed by atoms with Gasteiger partial charge in [0.15, 0.2) is 15.8 Å². The number of aliphatic carboxylic acids is 1. The Kier molecular flexibility index (Phi) is 4.11. The van der Waals surface area contributed by atoms with E-state index in [9.17, 15) is 4.79 Å². The van der Waals surface area contributed by atoms with Gasteiger partial charge in [0.05, 0.1) is 5.75 Å². The number of anilines is 2. The molecule has 1 aromatic carbocycles. The Balaban J connectivity index is 1.67. The molecule has 2 aromatic rings. The second kappa shape index (κ2) is 6.19. The summed E-state index contributed by atoms with van der Waals surface area (Å²) in [5, 5.41) is 20.2. The van der Waals surface area contributed by atoms with Crippen molar-refractivity contribution in [3.05, 3.63) is 18.2 Å². The lowest BCUT2D eigenvalue weighted by atomic mass is 10.2. The smallest absolute Gasteiger partial charge is 0.313 e. The van der Waals surface area contributed by atoms with Crippen molar-refractivity contribution >= 4 is 39.9 Å². The Labute approximate surface area is 128 Å². The summed E-state index contributed by atoms with van der Waals surface area (Å²) in [6, 6.07) is 5.52. The highest BCUT2D eigenvalue weighted by molar-refractivity contribution is 8.01. The largest absolute Gasteiger partial charge is 0.486 e. The first-order valence-corrected chi connectivity index (χ1v) is 7.86. The summed E-state index contributed by atoms with van der Waals surface area (Å²) in [6.07, 6.45) is 0. The highest BCUT2D eigenvalue weighted by atomic mass is 32.2. The first-order chi connectivity index (χ1) is 10.2. The minimum Gasteiger partial charge on any atom is -0.486 e. The van der Waals surface area contributed by atoms with Crippen LogP contribution in [0, 0.1) is 0 Å². The van der Waals surface area contributed by atoms with E-state index < -0.39 is 5.97 Å². The molecule has 0 aliphatic carbocycles. The van der Waals surface area contributed by atoms with E-state index in [1.807, 2.05) is 18.2 Å². The predicted molar refractivity (Wildman–Crippen MR) is 79.0 cm³/mol. The number of fused-ring (bicyclic) bond motifs is 1. The number of hydrogen-bond acceptors (Lipinski definition) is 8. The molecule has 1 aliphatic rings. The number of thioether (sulfide) groups is 1. The second-order valence-corrected chi connectivity index (χ2v) is 6.24. The molecule has 3 rings (SSSR count). The molecular formula is C12H11N3O4S2. The Morgan fingerprint density at radius 2 is 2.14 bits per heavy atom. The maximum Gasteiger partial charge on any atom is 0.313 e. The van der Waals surface area contributed by atoms with Gasteiger partial charge in [0.25, 0.3) is 0 Å². The highest BCUT2D eigenvalue weighted by Gasteiger charge is 2.13. The summed E-state index contributed by atoms with van der Waals surface area (Å²) in [4.78, 5) is 10.5. The van der Waals surface area contributed by atoms with Crippen LogP contribution in [0.1, 0.15) is 0 Å². The maximum absolute atomic E-state index is 10.5. The van der Waals surface area contributed by atoms with E-state index in [-0.39, 0.29) is 5.75 Å². The van der Waals surface area contributed by atoms with Crippen LogP contribution in [0.2, 0.25) is 0 Å². The van der Waals surface area contributed by atoms with E-state index in [0.29, 0.717) is 28.4 Å². The van der Waals surface area contributed by atoms with Crippen molar-refractivity contribution in [1.82, 2.24) is 10.2 Å². The summed E-state index contributed by atoms with van der Waals surface area (Å²) in [5.41, 5.74) is 0.810. The van der Waals surface area contributed by atoms with Crippen molar-refractivity contribution in [2.24, 2.45) is 0 Å². The van der Waals surface area contributed by atoms with Crippen LogP contribution in [0.3, 0.4) is 0 Å². The molecule has 21 heavy (non-hydrogen) atoms. The third-order valence-electron chi connectivity index (χ3n) is 2.52. The van der Waals surface area contributed by atoms with Gasteiger partial charge >= 0.3 is 5.97 Å². The molecular weight excluding hydrogens is 314 g/mol. The van der Waals surface area contributed by atoms with Crippen LogP contribution in [0.25, 0.3) is 0 Å². The molecule has 7 nitrogen and oxygen atoms in total. The quantitative estimate of drug-likeness (QED) is 0.808. The first kappa shape index (κ1) is 14.0. The predicted octanol–water partition coefficient (Wildman–Crippen LogP) is 2.23. The summed E-state index contributed by atoms with van der Waals surface area (Å²) >= 11 is 2.44. The number of carboxylic acids is 1. The molecule has 110 valence electrons. The van der Waals surface area contributed by atoms with E-state index >= 15 is 0 Å². The average Bonchev–Trinajstić information content (AvgIpc) is 2.92. The summed E-state index contributed by atoms with van der Waals surface area (Å²) in [6.45, 7) is 1.09. The summed E-state index contributed by atoms with van der Waals surface area (Å²) in [5.74, 6) is 0.508. The molecule has 2 N–H and O–H groups in total. The Morgan fingerprint density at radius 1 is 1.33 bits per heavy atom. The number of hydrogen-bond donors (Lipinski definition) is 2. The number of carboxylic acid groups (broad SMARTS) is 1. The number of carbonyl (C=O) groups is 1. The zero-order chi connectivity index (χ0) is 14.7. The molecule has 0 spiro atoms. The van der Waals surface area contributed by atoms with Gasteiger partial charge in [-0.05, 0) is 12.1 Å². The molecule has 0 saturated carbocycles. The fourth-order valence-corrected chi connectivity index (χ4v) is 3.18. The van der Waals surface area contributed by atoms with Gasteiger partial charge in [-0.15, -0.1) is 10.2 Å². The van der Waals surface area contributed by atoms with Crippen LogP contribution >= 0.6 is 23.1 Å². The molecule has 0 bridgehead atoms. The van der Waals surface area contributed by atoms with E-state index in [1.54, 1.807) is 0 Å². The van der Waals surface area contributed by atoms with Gasteiger partial charge in [0.2, 0.25) is 5.13 Å². The minimum atomic E-state index is -0.878. The van der Waals surface area contributed by atoms with Crippen molar-refractivity contribution in [1.29, 1.82) is 0 Å². The van der Waals surface area contributed by atoms with E-state index in [4.69, 9.17) is 14.6 Å². The Hall–Kier alpha value is -2.00. The van der Waals surface area contributed by atoms with Crippen molar-refractivity contribution in [3.63, 3.8) is 0 Å². The van der Waals surface area contributed by atoms with E-state index in [2.05, 4.69) is 15.5 Å².